The van der Waals surface area contributed by atoms with Crippen molar-refractivity contribution in [1.82, 2.24) is 0 Å². The summed E-state index contributed by atoms with van der Waals surface area (Å²) in [5.41, 5.74) is 4.03. The molecule has 0 aromatic carbocycles. The van der Waals surface area contributed by atoms with E-state index >= 15 is 0 Å². The van der Waals surface area contributed by atoms with Gasteiger partial charge in [-0.15, -0.1) is 4.99 Å². The normalized spacial score (nSPS) is 41.0. The third kappa shape index (κ3) is 9.70. The number of aliphatic hydroxyl groups excluding tert-OH is 4. The molecule has 5 fully saturated rings. The number of carboxylic acid groups (broad SMARTS) is 1. The highest BCUT2D eigenvalue weighted by Crippen LogP contribution is 2.45. The maximum absolute atomic E-state index is 14.2. The lowest BCUT2D eigenvalue weighted by molar-refractivity contribution is -0.837. The van der Waals surface area contributed by atoms with E-state index in [2.05, 4.69) is 24.1 Å². The van der Waals surface area contributed by atoms with Crippen molar-refractivity contribution in [1.29, 1.82) is 0 Å². The molecule has 0 aromatic rings. The lowest BCUT2D eigenvalue weighted by Crippen LogP contribution is -3.02. The number of aliphatic hydroxyl groups is 7. The molecule has 10 N–H and O–H groups in total. The molecule has 1 amide bonds. The van der Waals surface area contributed by atoms with Gasteiger partial charge in [-0.05, 0) is 75.5 Å². The van der Waals surface area contributed by atoms with Crippen LogP contribution in [0.3, 0.4) is 0 Å². The standard InChI is InChI=1S/C41H63N3O12/c1-22(6-5-9-23-7-3-2-4-8-23)26(18-24-16-17-43-20-24)21-44-39(52)41(53)36(48)33(47)35(38(50)51)56-40(41)54-28-14-15-29-30(19-28)55-34(37(42)49)31(32(29)46)25-10-12-27(45)13-11-25/h5,9,16-17,20,22-23,25-36,39-40,44-48,53H,2-4,6-8,10-15,18-19,21H2,1H3,(H2,42,49)(H,50,51)/p+1/t22-,25?,26+,27?,28?,29?,30?,31?,32?,33-,34?,35+,36+,39-,40-,41-/m1/s1. The summed E-state index contributed by atoms with van der Waals surface area (Å²) in [6, 6.07) is 0. The van der Waals surface area contributed by atoms with Crippen molar-refractivity contribution in [3.63, 3.8) is 0 Å². The van der Waals surface area contributed by atoms with Gasteiger partial charge in [-0.1, -0.05) is 38.3 Å². The van der Waals surface area contributed by atoms with Crippen molar-refractivity contribution < 1.29 is 64.9 Å². The molecule has 0 bridgehead atoms. The number of rotatable bonds is 15. The number of fused-ring (bicyclic) bond motifs is 1. The molecule has 0 spiro atoms. The van der Waals surface area contributed by atoms with Crippen molar-refractivity contribution in [2.45, 2.75) is 164 Å². The van der Waals surface area contributed by atoms with Crippen LogP contribution in [0.1, 0.15) is 96.8 Å². The first-order valence-corrected chi connectivity index (χ1v) is 20.9. The van der Waals surface area contributed by atoms with E-state index in [0.717, 1.165) is 12.0 Å². The highest BCUT2D eigenvalue weighted by atomic mass is 16.7. The molecule has 15 heteroatoms. The number of hydrogen-bond acceptors (Lipinski definition) is 12. The van der Waals surface area contributed by atoms with Crippen LogP contribution in [-0.2, 0) is 19.1 Å². The second kappa shape index (κ2) is 19.1. The fraction of sp³-hybridized carbons (Fsp3) is 0.805. The summed E-state index contributed by atoms with van der Waals surface area (Å²) in [5, 5.41) is 83.4. The fourth-order valence-corrected chi connectivity index (χ4v) is 10.4. The topological polar surface area (TPSA) is 268 Å². The highest BCUT2D eigenvalue weighted by molar-refractivity contribution is 5.82. The van der Waals surface area contributed by atoms with E-state index in [1.807, 2.05) is 6.08 Å². The van der Waals surface area contributed by atoms with E-state index in [1.54, 1.807) is 12.8 Å². The maximum atomic E-state index is 14.2. The molecule has 0 aromatic heterocycles. The van der Waals surface area contributed by atoms with Crippen LogP contribution in [0.15, 0.2) is 28.8 Å². The largest absolute Gasteiger partial charge is 0.804 e. The van der Waals surface area contributed by atoms with Gasteiger partial charge in [0.15, 0.2) is 24.2 Å². The number of carbonyl (C=O) groups excluding carboxylic acids is 2. The SMILES string of the molecule is C[C@H](CC=CC1CCCCC1)[C@H](C[NH2+][C@H]([O-])[C@@]1(O)[C@H](OC2CCC3C(C2)[OH+]C(C(N)=O)C(C2CCC(O)CC2)C3O)O[C@H](C(=O)[O-])[C@@H](O)[C@@H]1O)CC1=C[CH+]N=C1. The van der Waals surface area contributed by atoms with E-state index in [0.29, 0.717) is 50.9 Å². The molecule has 2 saturated heterocycles. The third-order valence-electron chi connectivity index (χ3n) is 13.8. The van der Waals surface area contributed by atoms with Gasteiger partial charge >= 0.3 is 0 Å². The number of nitrogens with two attached hydrogens (primary N) is 2. The van der Waals surface area contributed by atoms with Gasteiger partial charge in [0.25, 0.3) is 5.91 Å². The molecule has 6 aliphatic rings. The molecular formula is C41H64N3O12+. The summed E-state index contributed by atoms with van der Waals surface area (Å²) in [6.07, 6.45) is 4.82. The van der Waals surface area contributed by atoms with Crippen molar-refractivity contribution in [3.8, 4) is 0 Å². The molecule has 3 saturated carbocycles. The van der Waals surface area contributed by atoms with E-state index in [9.17, 15) is 45.3 Å². The molecular weight excluding hydrogens is 726 g/mol. The van der Waals surface area contributed by atoms with Crippen LogP contribution >= 0.6 is 0 Å². The lowest BCUT2D eigenvalue weighted by Gasteiger charge is -2.53. The number of amides is 1. The van der Waals surface area contributed by atoms with Crippen LogP contribution in [0.25, 0.3) is 0 Å². The Morgan fingerprint density at radius 2 is 1.84 bits per heavy atom. The Morgan fingerprint density at radius 3 is 2.50 bits per heavy atom. The quantitative estimate of drug-likeness (QED) is 0.0412. The third-order valence-corrected chi connectivity index (χ3v) is 13.8. The van der Waals surface area contributed by atoms with Crippen LogP contribution in [0, 0.1) is 42.1 Å². The number of quaternary nitrogens is 1. The molecule has 0 radical (unpaired) electrons. The van der Waals surface area contributed by atoms with Gasteiger partial charge in [-0.2, -0.15) is 0 Å². The molecule has 314 valence electrons. The molecule has 3 aliphatic carbocycles. The van der Waals surface area contributed by atoms with Gasteiger partial charge in [0.1, 0.15) is 30.4 Å². The van der Waals surface area contributed by atoms with E-state index < -0.39 is 84.7 Å². The van der Waals surface area contributed by atoms with Crippen LogP contribution in [-0.4, -0.2) is 122 Å². The molecule has 14 atom stereocenters. The highest BCUT2D eigenvalue weighted by Gasteiger charge is 2.61. The average Bonchev–Trinajstić information content (AvgIpc) is 3.70. The van der Waals surface area contributed by atoms with Crippen molar-refractivity contribution >= 4 is 18.1 Å². The minimum Gasteiger partial charge on any atom is -0.804 e. The van der Waals surface area contributed by atoms with Crippen LogP contribution < -0.4 is 21.3 Å². The number of carboxylic acids is 1. The molecule has 3 heterocycles. The second-order valence-electron chi connectivity index (χ2n) is 17.5. The summed E-state index contributed by atoms with van der Waals surface area (Å²) < 4.78 is 16.6. The predicted molar refractivity (Wildman–Crippen MR) is 198 cm³/mol. The van der Waals surface area contributed by atoms with Crippen molar-refractivity contribution in [3.05, 3.63) is 30.3 Å². The Morgan fingerprint density at radius 1 is 1.11 bits per heavy atom. The predicted octanol–water partition coefficient (Wildman–Crippen LogP) is -2.02. The maximum Gasteiger partial charge on any atom is 0.297 e. The molecule has 6 unspecified atom stereocenters. The van der Waals surface area contributed by atoms with Crippen LogP contribution in [0.5, 0.6) is 0 Å². The second-order valence-corrected chi connectivity index (χ2v) is 17.5. The number of hydrogen-bond donors (Lipinski definition) is 7. The minimum absolute atomic E-state index is 0.0307. The van der Waals surface area contributed by atoms with Crippen molar-refractivity contribution in [2.75, 3.05) is 6.54 Å². The zero-order chi connectivity index (χ0) is 40.1. The number of allylic oxidation sites excluding steroid dienone is 3. The summed E-state index contributed by atoms with van der Waals surface area (Å²) in [6.45, 7) is 4.06. The van der Waals surface area contributed by atoms with Gasteiger partial charge in [-0.3, -0.25) is 4.79 Å². The first kappa shape index (κ1) is 43.1. The van der Waals surface area contributed by atoms with Gasteiger partial charge in [-0.25, -0.2) is 0 Å². The van der Waals surface area contributed by atoms with Gasteiger partial charge in [0.05, 0.1) is 55.0 Å². The number of carbonyl (C=O) groups is 2. The lowest BCUT2D eigenvalue weighted by atomic mass is 9.66. The Labute approximate surface area is 329 Å². The smallest absolute Gasteiger partial charge is 0.297 e. The molecule has 3 aliphatic heterocycles. The number of ether oxygens (including phenoxy) is 3. The molecule has 56 heavy (non-hydrogen) atoms. The van der Waals surface area contributed by atoms with Crippen LogP contribution in [0.4, 0.5) is 0 Å². The number of primary amides is 1. The first-order valence-electron chi connectivity index (χ1n) is 20.9. The zero-order valence-electron chi connectivity index (χ0n) is 32.5. The summed E-state index contributed by atoms with van der Waals surface area (Å²) in [7, 11) is 0. The minimum atomic E-state index is -2.80. The van der Waals surface area contributed by atoms with E-state index in [1.165, 1.54) is 37.4 Å². The average molecular weight is 791 g/mol. The summed E-state index contributed by atoms with van der Waals surface area (Å²) in [4.78, 5) is 28.9. The monoisotopic (exact) mass is 790 g/mol. The van der Waals surface area contributed by atoms with Gasteiger partial charge in [0.2, 0.25) is 6.10 Å². The summed E-state index contributed by atoms with van der Waals surface area (Å²) in [5.74, 6) is -2.70. The molecule has 6 rings (SSSR count). The molecule has 15 nitrogen and oxygen atoms in total. The van der Waals surface area contributed by atoms with Gasteiger partial charge in [0, 0.05) is 18.8 Å². The van der Waals surface area contributed by atoms with Crippen molar-refractivity contribution in [2.24, 2.45) is 46.2 Å². The van der Waals surface area contributed by atoms with E-state index in [4.69, 9.17) is 19.9 Å². The zero-order valence-corrected chi connectivity index (χ0v) is 32.5. The summed E-state index contributed by atoms with van der Waals surface area (Å²) >= 11 is 0. The van der Waals surface area contributed by atoms with E-state index in [-0.39, 0.29) is 36.6 Å². The Balaban J connectivity index is 1.15. The Hall–Kier alpha value is -2.44. The fourth-order valence-electron chi connectivity index (χ4n) is 10.4. The first-order chi connectivity index (χ1) is 26.8. The van der Waals surface area contributed by atoms with Crippen LogP contribution in [0.2, 0.25) is 0 Å². The number of aliphatic imine (C=N–C) groups is 1. The Bertz CT molecular complexity index is 1420. The Kier molecular flexibility index (Phi) is 14.7. The number of aliphatic carboxylic acids is 1. The van der Waals surface area contributed by atoms with Gasteiger partial charge < -0.3 is 65.8 Å². The number of nitrogens with zero attached hydrogens (tertiary/aromatic N) is 1.